The van der Waals surface area contributed by atoms with Crippen LogP contribution in [0, 0.1) is 0 Å². The van der Waals surface area contributed by atoms with Crippen LogP contribution in [-0.2, 0) is 23.1 Å². The van der Waals surface area contributed by atoms with Crippen LogP contribution in [0.25, 0.3) is 0 Å². The Morgan fingerprint density at radius 2 is 2.14 bits per heavy atom. The molecule has 1 fully saturated rings. The molecule has 2 rings (SSSR count). The molecule has 116 valence electrons. The molecule has 2 atom stereocenters. The van der Waals surface area contributed by atoms with Crippen molar-refractivity contribution in [1.29, 1.82) is 0 Å². The maximum Gasteiger partial charge on any atom is 0.332 e. The van der Waals surface area contributed by atoms with Crippen molar-refractivity contribution in [2.45, 2.75) is 32.0 Å². The number of ether oxygens (including phenoxy) is 1. The Labute approximate surface area is 120 Å². The van der Waals surface area contributed by atoms with Gasteiger partial charge in [-0.2, -0.15) is 0 Å². The van der Waals surface area contributed by atoms with Crippen LogP contribution in [-0.4, -0.2) is 33.8 Å². The molecule has 0 aliphatic carbocycles. The first-order chi connectivity index (χ1) is 9.82. The number of nitrogen functional groups attached to an aromatic ring is 1. The number of rotatable bonds is 5. The van der Waals surface area contributed by atoms with Gasteiger partial charge in [0, 0.05) is 13.7 Å². The van der Waals surface area contributed by atoms with Crippen molar-refractivity contribution in [3.8, 4) is 0 Å². The molecule has 0 radical (unpaired) electrons. The van der Waals surface area contributed by atoms with E-state index in [0.717, 1.165) is 15.6 Å². The Morgan fingerprint density at radius 1 is 1.52 bits per heavy atom. The summed E-state index contributed by atoms with van der Waals surface area (Å²) in [4.78, 5) is 35.6. The summed E-state index contributed by atoms with van der Waals surface area (Å²) >= 11 is 0. The summed E-state index contributed by atoms with van der Waals surface area (Å²) in [5.41, 5.74) is 9.83. The van der Waals surface area contributed by atoms with Crippen LogP contribution in [0.5, 0.6) is 0 Å². The van der Waals surface area contributed by atoms with Crippen molar-refractivity contribution in [2.75, 3.05) is 17.7 Å². The Hall–Kier alpha value is -2.29. The van der Waals surface area contributed by atoms with E-state index < -0.39 is 23.2 Å². The molecule has 0 spiro atoms. The first-order valence-electron chi connectivity index (χ1n) is 6.59. The predicted octanol–water partition coefficient (Wildman–Crippen LogP) is -1.80. The van der Waals surface area contributed by atoms with E-state index in [9.17, 15) is 14.4 Å². The number of hydrogen-bond acceptors (Lipinski definition) is 6. The lowest BCUT2D eigenvalue weighted by molar-refractivity contribution is -0.118. The van der Waals surface area contributed by atoms with Crippen molar-refractivity contribution in [2.24, 2.45) is 12.8 Å². The summed E-state index contributed by atoms with van der Waals surface area (Å²) in [7, 11) is 1.45. The third-order valence-electron chi connectivity index (χ3n) is 3.56. The van der Waals surface area contributed by atoms with Crippen LogP contribution in [0.3, 0.4) is 0 Å². The van der Waals surface area contributed by atoms with Crippen molar-refractivity contribution in [1.82, 2.24) is 9.13 Å². The van der Waals surface area contributed by atoms with E-state index in [4.69, 9.17) is 16.2 Å². The minimum absolute atomic E-state index is 0.0114. The summed E-state index contributed by atoms with van der Waals surface area (Å²) < 4.78 is 7.44. The average Bonchev–Trinajstić information content (AvgIpc) is 2.39. The number of nitrogens with two attached hydrogens (primary N) is 2. The summed E-state index contributed by atoms with van der Waals surface area (Å²) in [6.07, 6.45) is 0.640. The molecule has 2 heterocycles. The van der Waals surface area contributed by atoms with E-state index in [1.54, 1.807) is 0 Å². The van der Waals surface area contributed by atoms with E-state index >= 15 is 0 Å². The monoisotopic (exact) mass is 297 g/mol. The largest absolute Gasteiger partial charge is 0.383 e. The van der Waals surface area contributed by atoms with E-state index in [1.807, 2.05) is 0 Å². The molecule has 5 N–H and O–H groups in total. The summed E-state index contributed by atoms with van der Waals surface area (Å²) in [6.45, 7) is 2.29. The van der Waals surface area contributed by atoms with Crippen LogP contribution >= 0.6 is 0 Å². The third kappa shape index (κ3) is 2.77. The minimum Gasteiger partial charge on any atom is -0.383 e. The SMILES string of the molecule is C[C@H](Nc1c(N)n(C)c(=O)n(CC2CCO2)c1=O)C(N)=O. The maximum atomic E-state index is 12.4. The number of anilines is 2. The topological polar surface area (TPSA) is 134 Å². The highest BCUT2D eigenvalue weighted by Gasteiger charge is 2.24. The molecule has 1 unspecified atom stereocenters. The van der Waals surface area contributed by atoms with Gasteiger partial charge in [-0.15, -0.1) is 0 Å². The first-order valence-corrected chi connectivity index (χ1v) is 6.59. The number of primary amides is 1. The van der Waals surface area contributed by atoms with Gasteiger partial charge in [-0.3, -0.25) is 18.7 Å². The fourth-order valence-corrected chi connectivity index (χ4v) is 2.00. The fraction of sp³-hybridized carbons (Fsp3) is 0.583. The molecule has 1 saturated heterocycles. The second-order valence-electron chi connectivity index (χ2n) is 5.07. The molecule has 1 amide bonds. The van der Waals surface area contributed by atoms with E-state index in [-0.39, 0.29) is 24.2 Å². The van der Waals surface area contributed by atoms with Crippen LogP contribution in [0.1, 0.15) is 13.3 Å². The summed E-state index contributed by atoms with van der Waals surface area (Å²) in [6, 6.07) is -0.786. The van der Waals surface area contributed by atoms with Gasteiger partial charge in [0.05, 0.1) is 12.6 Å². The zero-order chi connectivity index (χ0) is 15.7. The molecular weight excluding hydrogens is 278 g/mol. The van der Waals surface area contributed by atoms with Gasteiger partial charge < -0.3 is 21.5 Å². The Bertz CT molecular complexity index is 673. The third-order valence-corrected chi connectivity index (χ3v) is 3.56. The number of aromatic nitrogens is 2. The molecule has 1 aliphatic heterocycles. The normalized spacial score (nSPS) is 18.9. The number of nitrogens with one attached hydrogen (secondary N) is 1. The van der Waals surface area contributed by atoms with Crippen molar-refractivity contribution in [3.63, 3.8) is 0 Å². The van der Waals surface area contributed by atoms with Crippen molar-refractivity contribution < 1.29 is 9.53 Å². The standard InChI is InChI=1S/C12H19N5O4/c1-6(10(14)18)15-8-9(13)16(2)12(20)17(11(8)19)5-7-3-4-21-7/h6-7,15H,3-5,13H2,1-2H3,(H2,14,18)/t6-,7?/m0/s1. The van der Waals surface area contributed by atoms with E-state index in [1.165, 1.54) is 14.0 Å². The highest BCUT2D eigenvalue weighted by atomic mass is 16.5. The molecule has 1 aromatic heterocycles. The zero-order valence-electron chi connectivity index (χ0n) is 12.0. The summed E-state index contributed by atoms with van der Waals surface area (Å²) in [5.74, 6) is -0.666. The molecule has 9 heteroatoms. The number of hydrogen-bond donors (Lipinski definition) is 3. The molecule has 0 saturated carbocycles. The van der Waals surface area contributed by atoms with Crippen molar-refractivity contribution >= 4 is 17.4 Å². The van der Waals surface area contributed by atoms with Gasteiger partial charge in [-0.05, 0) is 13.3 Å². The van der Waals surface area contributed by atoms with Gasteiger partial charge in [0.15, 0.2) is 0 Å². The fourth-order valence-electron chi connectivity index (χ4n) is 2.00. The smallest absolute Gasteiger partial charge is 0.332 e. The van der Waals surface area contributed by atoms with E-state index in [2.05, 4.69) is 5.32 Å². The lowest BCUT2D eigenvalue weighted by atomic mass is 10.2. The minimum atomic E-state index is -0.786. The lowest BCUT2D eigenvalue weighted by Crippen LogP contribution is -2.47. The van der Waals surface area contributed by atoms with E-state index in [0.29, 0.717) is 6.61 Å². The van der Waals surface area contributed by atoms with Crippen LogP contribution in [0.15, 0.2) is 9.59 Å². The highest BCUT2D eigenvalue weighted by Crippen LogP contribution is 2.14. The zero-order valence-corrected chi connectivity index (χ0v) is 12.0. The molecule has 1 aliphatic rings. The van der Waals surface area contributed by atoms with Gasteiger partial charge in [-0.25, -0.2) is 4.79 Å². The maximum absolute atomic E-state index is 12.4. The van der Waals surface area contributed by atoms with Gasteiger partial charge in [0.25, 0.3) is 5.56 Å². The van der Waals surface area contributed by atoms with Gasteiger partial charge in [0.1, 0.15) is 17.5 Å². The number of nitrogens with zero attached hydrogens (tertiary/aromatic N) is 2. The molecule has 1 aromatic rings. The van der Waals surface area contributed by atoms with Crippen LogP contribution in [0.4, 0.5) is 11.5 Å². The summed E-state index contributed by atoms with van der Waals surface area (Å²) in [5, 5.41) is 2.66. The Balaban J connectivity index is 2.46. The van der Waals surface area contributed by atoms with Gasteiger partial charge in [-0.1, -0.05) is 0 Å². The van der Waals surface area contributed by atoms with Crippen LogP contribution in [0.2, 0.25) is 0 Å². The first kappa shape index (κ1) is 15.1. The second kappa shape index (κ2) is 5.60. The average molecular weight is 297 g/mol. The molecule has 0 bridgehead atoms. The highest BCUT2D eigenvalue weighted by molar-refractivity contribution is 5.83. The molecular formula is C12H19N5O4. The lowest BCUT2D eigenvalue weighted by Gasteiger charge is -2.27. The second-order valence-corrected chi connectivity index (χ2v) is 5.07. The number of carbonyl (C=O) groups is 1. The van der Waals surface area contributed by atoms with Gasteiger partial charge in [0.2, 0.25) is 5.91 Å². The molecule has 0 aromatic carbocycles. The number of amides is 1. The van der Waals surface area contributed by atoms with Crippen LogP contribution < -0.4 is 28.0 Å². The Morgan fingerprint density at radius 3 is 2.62 bits per heavy atom. The number of carbonyl (C=O) groups excluding carboxylic acids is 1. The quantitative estimate of drug-likeness (QED) is 0.587. The van der Waals surface area contributed by atoms with Crippen molar-refractivity contribution in [3.05, 3.63) is 20.8 Å². The molecule has 21 heavy (non-hydrogen) atoms. The van der Waals surface area contributed by atoms with Gasteiger partial charge >= 0.3 is 5.69 Å². The molecule has 9 nitrogen and oxygen atoms in total. The predicted molar refractivity (Wildman–Crippen MR) is 77.0 cm³/mol. The Kier molecular flexibility index (Phi) is 4.03.